The molecule has 0 aliphatic carbocycles. The van der Waals surface area contributed by atoms with Crippen LogP contribution in [0.25, 0.3) is 0 Å². The van der Waals surface area contributed by atoms with Crippen molar-refractivity contribution in [1.29, 1.82) is 5.26 Å². The number of nitrogens with two attached hydrogens (primary N) is 2. The second kappa shape index (κ2) is 7.83. The van der Waals surface area contributed by atoms with Gasteiger partial charge in [-0.1, -0.05) is 54.6 Å². The van der Waals surface area contributed by atoms with Gasteiger partial charge in [0, 0.05) is 22.3 Å². The highest BCUT2D eigenvalue weighted by Gasteiger charge is 2.45. The van der Waals surface area contributed by atoms with Crippen molar-refractivity contribution < 1.29 is 13.7 Å². The SMILES string of the molecule is N#Cc1ccccc1B1OB(c2ccccc2N)OB(c2ccccc2N)O1. The minimum atomic E-state index is -0.821. The summed E-state index contributed by atoms with van der Waals surface area (Å²) in [6.07, 6.45) is 0. The molecule has 1 aliphatic heterocycles. The first-order chi connectivity index (χ1) is 13.7. The minimum absolute atomic E-state index is 0.467. The third-order valence-electron chi connectivity index (χ3n) is 4.58. The molecule has 0 bridgehead atoms. The van der Waals surface area contributed by atoms with Crippen LogP contribution in [0.4, 0.5) is 11.4 Å². The molecule has 0 unspecified atom stereocenters. The van der Waals surface area contributed by atoms with E-state index in [2.05, 4.69) is 6.07 Å². The molecule has 9 heteroatoms. The molecular formula is C19H16B3N3O3. The molecule has 28 heavy (non-hydrogen) atoms. The van der Waals surface area contributed by atoms with E-state index in [1.165, 1.54) is 0 Å². The fourth-order valence-corrected chi connectivity index (χ4v) is 3.13. The first kappa shape index (κ1) is 18.2. The standard InChI is InChI=1S/C19H16B3N3O3/c23-13-14-7-1-2-8-15(14)20-26-21(16-9-3-5-11-18(16)24)28-22(27-20)17-10-4-6-12-19(17)25/h1-12H,24-25H2. The van der Waals surface area contributed by atoms with Crippen molar-refractivity contribution in [2.24, 2.45) is 0 Å². The Kier molecular flexibility index (Phi) is 5.09. The van der Waals surface area contributed by atoms with Crippen LogP contribution in [0, 0.1) is 11.3 Å². The lowest BCUT2D eigenvalue weighted by atomic mass is 9.60. The Bertz CT molecular complexity index is 990. The van der Waals surface area contributed by atoms with Crippen molar-refractivity contribution in [1.82, 2.24) is 0 Å². The molecule has 134 valence electrons. The maximum atomic E-state index is 9.47. The van der Waals surface area contributed by atoms with Crippen molar-refractivity contribution in [3.8, 4) is 6.07 Å². The van der Waals surface area contributed by atoms with Gasteiger partial charge in [-0.05, 0) is 23.7 Å². The van der Waals surface area contributed by atoms with Crippen LogP contribution in [0.5, 0.6) is 0 Å². The van der Waals surface area contributed by atoms with Crippen molar-refractivity contribution >= 4 is 49.1 Å². The lowest BCUT2D eigenvalue weighted by Crippen LogP contribution is -2.62. The van der Waals surface area contributed by atoms with E-state index in [1.54, 1.807) is 30.3 Å². The Morgan fingerprint density at radius 3 is 1.46 bits per heavy atom. The highest BCUT2D eigenvalue weighted by atomic mass is 16.7. The van der Waals surface area contributed by atoms with Crippen molar-refractivity contribution in [2.75, 3.05) is 11.5 Å². The molecule has 1 fully saturated rings. The quantitative estimate of drug-likeness (QED) is 0.509. The van der Waals surface area contributed by atoms with Crippen LogP contribution in [0.15, 0.2) is 72.8 Å². The van der Waals surface area contributed by atoms with Crippen LogP contribution in [0.3, 0.4) is 0 Å². The Morgan fingerprint density at radius 2 is 1.00 bits per heavy atom. The highest BCUT2D eigenvalue weighted by molar-refractivity contribution is 6.88. The topological polar surface area (TPSA) is 104 Å². The average molecular weight is 367 g/mol. The zero-order valence-corrected chi connectivity index (χ0v) is 15.0. The number of benzene rings is 3. The number of para-hydroxylation sites is 2. The maximum Gasteiger partial charge on any atom is 0.469 e. The molecule has 4 rings (SSSR count). The van der Waals surface area contributed by atoms with Crippen LogP contribution in [0.2, 0.25) is 0 Å². The molecule has 0 spiro atoms. The number of anilines is 2. The lowest BCUT2D eigenvalue weighted by Gasteiger charge is -2.32. The van der Waals surface area contributed by atoms with Gasteiger partial charge in [-0.15, -0.1) is 0 Å². The molecule has 0 amide bonds. The number of nitriles is 1. The van der Waals surface area contributed by atoms with E-state index in [9.17, 15) is 5.26 Å². The van der Waals surface area contributed by atoms with E-state index in [0.717, 1.165) is 0 Å². The Morgan fingerprint density at radius 1 is 0.607 bits per heavy atom. The Balaban J connectivity index is 1.76. The maximum absolute atomic E-state index is 9.47. The summed E-state index contributed by atoms with van der Waals surface area (Å²) in [4.78, 5) is 0. The first-order valence-corrected chi connectivity index (χ1v) is 8.81. The summed E-state index contributed by atoms with van der Waals surface area (Å²) in [5.74, 6) is 0. The molecule has 1 saturated heterocycles. The fraction of sp³-hybridized carbons (Fsp3) is 0. The molecule has 0 atom stereocenters. The van der Waals surface area contributed by atoms with E-state index in [4.69, 9.17) is 25.2 Å². The predicted octanol–water partition coefficient (Wildman–Crippen LogP) is 0.272. The van der Waals surface area contributed by atoms with Gasteiger partial charge in [0.15, 0.2) is 0 Å². The van der Waals surface area contributed by atoms with Gasteiger partial charge >= 0.3 is 21.4 Å². The average Bonchev–Trinajstić information content (AvgIpc) is 2.74. The van der Waals surface area contributed by atoms with Gasteiger partial charge in [0.05, 0.1) is 11.6 Å². The second-order valence-electron chi connectivity index (χ2n) is 6.36. The zero-order valence-electron chi connectivity index (χ0n) is 15.0. The largest absolute Gasteiger partial charge is 0.469 e. The summed E-state index contributed by atoms with van der Waals surface area (Å²) < 4.78 is 18.2. The molecule has 3 aromatic carbocycles. The van der Waals surface area contributed by atoms with Crippen LogP contribution in [0.1, 0.15) is 5.56 Å². The summed E-state index contributed by atoms with van der Waals surface area (Å²) in [6.45, 7) is 0. The van der Waals surface area contributed by atoms with Gasteiger partial charge in [-0.25, -0.2) is 0 Å². The van der Waals surface area contributed by atoms with Gasteiger partial charge in [0.2, 0.25) is 0 Å². The molecule has 3 aromatic rings. The normalized spacial score (nSPS) is 14.0. The zero-order chi connectivity index (χ0) is 19.5. The van der Waals surface area contributed by atoms with E-state index < -0.39 is 21.4 Å². The van der Waals surface area contributed by atoms with Gasteiger partial charge in [0.1, 0.15) is 0 Å². The molecule has 6 nitrogen and oxygen atoms in total. The third-order valence-corrected chi connectivity index (χ3v) is 4.58. The van der Waals surface area contributed by atoms with E-state index in [1.807, 2.05) is 42.5 Å². The number of nitrogen functional groups attached to an aromatic ring is 2. The highest BCUT2D eigenvalue weighted by Crippen LogP contribution is 2.15. The molecule has 0 radical (unpaired) electrons. The second-order valence-corrected chi connectivity index (χ2v) is 6.36. The van der Waals surface area contributed by atoms with Crippen molar-refractivity contribution in [3.63, 3.8) is 0 Å². The minimum Gasteiger partial charge on any atom is -0.444 e. The molecule has 4 N–H and O–H groups in total. The summed E-state index contributed by atoms with van der Waals surface area (Å²) in [7, 11) is -2.38. The van der Waals surface area contributed by atoms with Crippen LogP contribution in [-0.4, -0.2) is 21.4 Å². The number of rotatable bonds is 3. The van der Waals surface area contributed by atoms with Gasteiger partial charge in [-0.2, -0.15) is 5.26 Å². The van der Waals surface area contributed by atoms with E-state index in [0.29, 0.717) is 33.3 Å². The Hall–Kier alpha value is -3.18. The monoisotopic (exact) mass is 367 g/mol. The smallest absolute Gasteiger partial charge is 0.444 e. The van der Waals surface area contributed by atoms with Crippen LogP contribution < -0.4 is 27.9 Å². The van der Waals surface area contributed by atoms with E-state index >= 15 is 0 Å². The van der Waals surface area contributed by atoms with Gasteiger partial charge in [0.25, 0.3) is 0 Å². The third kappa shape index (κ3) is 3.49. The summed E-state index contributed by atoms with van der Waals surface area (Å²) in [5.41, 5.74) is 15.8. The molecule has 0 aromatic heterocycles. The lowest BCUT2D eigenvalue weighted by molar-refractivity contribution is 0.309. The summed E-state index contributed by atoms with van der Waals surface area (Å²) >= 11 is 0. The van der Waals surface area contributed by atoms with Crippen molar-refractivity contribution in [2.45, 2.75) is 0 Å². The molecule has 1 aliphatic rings. The molecule has 0 saturated carbocycles. The Labute approximate surface area is 164 Å². The first-order valence-electron chi connectivity index (χ1n) is 8.81. The van der Waals surface area contributed by atoms with Gasteiger partial charge in [-0.3, -0.25) is 0 Å². The van der Waals surface area contributed by atoms with Crippen LogP contribution >= 0.6 is 0 Å². The number of hydrogen-bond acceptors (Lipinski definition) is 6. The number of nitrogens with zero attached hydrogens (tertiary/aromatic N) is 1. The van der Waals surface area contributed by atoms with E-state index in [-0.39, 0.29) is 0 Å². The predicted molar refractivity (Wildman–Crippen MR) is 112 cm³/mol. The molecule has 1 heterocycles. The summed E-state index contributed by atoms with van der Waals surface area (Å²) in [6, 6.07) is 23.9. The van der Waals surface area contributed by atoms with Gasteiger partial charge < -0.3 is 25.2 Å². The summed E-state index contributed by atoms with van der Waals surface area (Å²) in [5, 5.41) is 9.47. The molecular weight excluding hydrogens is 351 g/mol. The van der Waals surface area contributed by atoms with Crippen molar-refractivity contribution in [3.05, 3.63) is 78.4 Å². The van der Waals surface area contributed by atoms with Crippen LogP contribution in [-0.2, 0) is 13.7 Å². The fourth-order valence-electron chi connectivity index (χ4n) is 3.13. The number of hydrogen-bond donors (Lipinski definition) is 2.